The van der Waals surface area contributed by atoms with E-state index < -0.39 is 0 Å². The molecular weight excluding hydrogens is 424 g/mol. The molecule has 1 N–H and O–H groups in total. The van der Waals surface area contributed by atoms with Gasteiger partial charge in [-0.1, -0.05) is 22.0 Å². The van der Waals surface area contributed by atoms with Crippen molar-refractivity contribution in [1.29, 1.82) is 0 Å². The number of nitrogens with one attached hydrogen (secondary N) is 1. The van der Waals surface area contributed by atoms with Gasteiger partial charge in [0.2, 0.25) is 0 Å². The molecule has 5 heteroatoms. The summed E-state index contributed by atoms with van der Waals surface area (Å²) in [6.07, 6.45) is 0. The van der Waals surface area contributed by atoms with E-state index in [4.69, 9.17) is 4.74 Å². The lowest BCUT2D eigenvalue weighted by atomic mass is 10.3. The predicted octanol–water partition coefficient (Wildman–Crippen LogP) is 4.68. The maximum atomic E-state index is 12.9. The fraction of sp³-hybridized carbons (Fsp3) is 0.143. The summed E-state index contributed by atoms with van der Waals surface area (Å²) in [4.78, 5) is 0. The van der Waals surface area contributed by atoms with Crippen molar-refractivity contribution in [2.24, 2.45) is 0 Å². The monoisotopic (exact) mass is 435 g/mol. The smallest absolute Gasteiger partial charge is 0.124 e. The van der Waals surface area contributed by atoms with E-state index in [9.17, 15) is 4.39 Å². The number of benzene rings is 2. The third kappa shape index (κ3) is 4.65. The van der Waals surface area contributed by atoms with E-state index in [-0.39, 0.29) is 5.82 Å². The quantitative estimate of drug-likeness (QED) is 0.543. The van der Waals surface area contributed by atoms with Crippen LogP contribution >= 0.6 is 38.5 Å². The molecular formula is C14H12BrFINO. The van der Waals surface area contributed by atoms with Crippen LogP contribution in [0, 0.1) is 9.39 Å². The fourth-order valence-corrected chi connectivity index (χ4v) is 2.59. The van der Waals surface area contributed by atoms with Gasteiger partial charge in [-0.2, -0.15) is 0 Å². The van der Waals surface area contributed by atoms with Gasteiger partial charge in [0.1, 0.15) is 18.2 Å². The Morgan fingerprint density at radius 1 is 1.21 bits per heavy atom. The topological polar surface area (TPSA) is 21.3 Å². The number of hydrogen-bond acceptors (Lipinski definition) is 2. The summed E-state index contributed by atoms with van der Waals surface area (Å²) >= 11 is 5.50. The second-order valence-corrected chi connectivity index (χ2v) is 5.93. The SMILES string of the molecule is Fc1ccc(NCCOc2cccc(Br)c2)c(I)c1. The lowest BCUT2D eigenvalue weighted by Crippen LogP contribution is -2.12. The Balaban J connectivity index is 1.81. The molecule has 2 nitrogen and oxygen atoms in total. The molecule has 0 saturated heterocycles. The summed E-state index contributed by atoms with van der Waals surface area (Å²) in [5.41, 5.74) is 0.917. The van der Waals surface area contributed by atoms with E-state index in [0.29, 0.717) is 13.2 Å². The van der Waals surface area contributed by atoms with Gasteiger partial charge in [-0.05, 0) is 59.0 Å². The summed E-state index contributed by atoms with van der Waals surface area (Å²) in [6.45, 7) is 1.21. The highest BCUT2D eigenvalue weighted by Gasteiger charge is 2.00. The van der Waals surface area contributed by atoms with Gasteiger partial charge in [0.05, 0.1) is 0 Å². The maximum absolute atomic E-state index is 12.9. The average molecular weight is 436 g/mol. The third-order valence-corrected chi connectivity index (χ3v) is 3.80. The van der Waals surface area contributed by atoms with E-state index in [1.165, 1.54) is 12.1 Å². The highest BCUT2D eigenvalue weighted by molar-refractivity contribution is 14.1. The first-order chi connectivity index (χ1) is 9.15. The van der Waals surface area contributed by atoms with Gasteiger partial charge in [-0.15, -0.1) is 0 Å². The summed E-state index contributed by atoms with van der Waals surface area (Å²) in [5, 5.41) is 3.21. The van der Waals surface area contributed by atoms with Crippen LogP contribution in [0.1, 0.15) is 0 Å². The Morgan fingerprint density at radius 3 is 2.79 bits per heavy atom. The van der Waals surface area contributed by atoms with Crippen LogP contribution in [0.5, 0.6) is 5.75 Å². The lowest BCUT2D eigenvalue weighted by molar-refractivity contribution is 0.332. The van der Waals surface area contributed by atoms with E-state index >= 15 is 0 Å². The summed E-state index contributed by atoms with van der Waals surface area (Å²) < 4.78 is 20.4. The lowest BCUT2D eigenvalue weighted by Gasteiger charge is -2.10. The molecule has 0 amide bonds. The normalized spacial score (nSPS) is 10.3. The minimum absolute atomic E-state index is 0.222. The third-order valence-electron chi connectivity index (χ3n) is 2.41. The molecule has 0 aliphatic carbocycles. The molecule has 0 heterocycles. The van der Waals surface area contributed by atoms with Crippen LogP contribution < -0.4 is 10.1 Å². The van der Waals surface area contributed by atoms with Crippen LogP contribution in [-0.2, 0) is 0 Å². The minimum atomic E-state index is -0.222. The van der Waals surface area contributed by atoms with Crippen molar-refractivity contribution >= 4 is 44.2 Å². The first-order valence-corrected chi connectivity index (χ1v) is 7.59. The van der Waals surface area contributed by atoms with Gasteiger partial charge in [-0.3, -0.25) is 0 Å². The molecule has 0 spiro atoms. The Kier molecular flexibility index (Phi) is 5.45. The number of hydrogen-bond donors (Lipinski definition) is 1. The van der Waals surface area contributed by atoms with Gasteiger partial charge >= 0.3 is 0 Å². The van der Waals surface area contributed by atoms with Crippen LogP contribution in [0.2, 0.25) is 0 Å². The molecule has 0 atom stereocenters. The van der Waals surface area contributed by atoms with Crippen molar-refractivity contribution in [3.05, 3.63) is 56.3 Å². The van der Waals surface area contributed by atoms with Crippen molar-refractivity contribution in [2.45, 2.75) is 0 Å². The van der Waals surface area contributed by atoms with Crippen molar-refractivity contribution in [1.82, 2.24) is 0 Å². The molecule has 19 heavy (non-hydrogen) atoms. The first-order valence-electron chi connectivity index (χ1n) is 5.72. The Bertz CT molecular complexity index is 565. The predicted molar refractivity (Wildman–Crippen MR) is 87.2 cm³/mol. The number of rotatable bonds is 5. The van der Waals surface area contributed by atoms with Crippen molar-refractivity contribution in [2.75, 3.05) is 18.5 Å². The zero-order valence-electron chi connectivity index (χ0n) is 10.00. The van der Waals surface area contributed by atoms with Crippen LogP contribution in [0.3, 0.4) is 0 Å². The molecule has 2 rings (SSSR count). The second-order valence-electron chi connectivity index (χ2n) is 3.86. The van der Waals surface area contributed by atoms with Crippen molar-refractivity contribution in [3.63, 3.8) is 0 Å². The Hall–Kier alpha value is -0.820. The molecule has 2 aromatic rings. The first kappa shape index (κ1) is 14.6. The number of anilines is 1. The van der Waals surface area contributed by atoms with Crippen LogP contribution in [0.25, 0.3) is 0 Å². The second kappa shape index (κ2) is 7.09. The summed E-state index contributed by atoms with van der Waals surface area (Å²) in [7, 11) is 0. The molecule has 0 aliphatic heterocycles. The van der Waals surface area contributed by atoms with E-state index in [2.05, 4.69) is 43.8 Å². The van der Waals surface area contributed by atoms with Gasteiger partial charge in [-0.25, -0.2) is 4.39 Å². The molecule has 0 radical (unpaired) electrons. The molecule has 0 saturated carbocycles. The van der Waals surface area contributed by atoms with Crippen molar-refractivity contribution in [3.8, 4) is 5.75 Å². The van der Waals surface area contributed by atoms with Gasteiger partial charge in [0, 0.05) is 20.3 Å². The minimum Gasteiger partial charge on any atom is -0.492 e. The van der Waals surface area contributed by atoms with E-state index in [1.807, 2.05) is 24.3 Å². The van der Waals surface area contributed by atoms with Crippen molar-refractivity contribution < 1.29 is 9.13 Å². The van der Waals surface area contributed by atoms with E-state index in [0.717, 1.165) is 19.5 Å². The van der Waals surface area contributed by atoms with E-state index in [1.54, 1.807) is 6.07 Å². The van der Waals surface area contributed by atoms with Crippen LogP contribution in [-0.4, -0.2) is 13.2 Å². The zero-order chi connectivity index (χ0) is 13.7. The standard InChI is InChI=1S/C14H12BrFINO/c15-10-2-1-3-12(8-10)19-7-6-18-14-5-4-11(16)9-13(14)17/h1-5,8-9,18H,6-7H2. The molecule has 0 fully saturated rings. The van der Waals surface area contributed by atoms with Gasteiger partial charge in [0.25, 0.3) is 0 Å². The Labute approximate surface area is 133 Å². The van der Waals surface area contributed by atoms with Gasteiger partial charge < -0.3 is 10.1 Å². The average Bonchev–Trinajstić information content (AvgIpc) is 2.37. The molecule has 2 aromatic carbocycles. The summed E-state index contributed by atoms with van der Waals surface area (Å²) in [6, 6.07) is 12.4. The molecule has 100 valence electrons. The fourth-order valence-electron chi connectivity index (χ4n) is 1.54. The highest BCUT2D eigenvalue weighted by Crippen LogP contribution is 2.19. The maximum Gasteiger partial charge on any atom is 0.124 e. The largest absolute Gasteiger partial charge is 0.492 e. The molecule has 0 bridgehead atoms. The summed E-state index contributed by atoms with van der Waals surface area (Å²) in [5.74, 6) is 0.602. The van der Waals surface area contributed by atoms with Crippen LogP contribution in [0.4, 0.5) is 10.1 Å². The molecule has 0 aliphatic rings. The van der Waals surface area contributed by atoms with Gasteiger partial charge in [0.15, 0.2) is 0 Å². The van der Waals surface area contributed by atoms with Crippen LogP contribution in [0.15, 0.2) is 46.9 Å². The number of ether oxygens (including phenoxy) is 1. The zero-order valence-corrected chi connectivity index (χ0v) is 13.7. The highest BCUT2D eigenvalue weighted by atomic mass is 127. The number of halogens is 3. The molecule has 0 aromatic heterocycles. The Morgan fingerprint density at radius 2 is 2.05 bits per heavy atom. The molecule has 0 unspecified atom stereocenters.